The minimum absolute atomic E-state index is 0.438. The van der Waals surface area contributed by atoms with Crippen molar-refractivity contribution in [3.63, 3.8) is 0 Å². The molecule has 0 spiro atoms. The van der Waals surface area contributed by atoms with Crippen molar-refractivity contribution in [2.45, 2.75) is 0 Å². The van der Waals surface area contributed by atoms with Crippen molar-refractivity contribution in [3.05, 3.63) is 61.3 Å². The SMILES string of the molecule is Nc1ncnc2c1cnn2-c1cccc(-n2cccc2)c1. The monoisotopic (exact) mass is 276 g/mol. The number of nitrogens with zero attached hydrogens (tertiary/aromatic N) is 5. The molecule has 0 aliphatic heterocycles. The van der Waals surface area contributed by atoms with Crippen LogP contribution in [0.3, 0.4) is 0 Å². The van der Waals surface area contributed by atoms with E-state index < -0.39 is 0 Å². The predicted octanol–water partition coefficient (Wildman–Crippen LogP) is 2.19. The lowest BCUT2D eigenvalue weighted by atomic mass is 10.2. The molecule has 0 saturated heterocycles. The molecule has 4 aromatic rings. The van der Waals surface area contributed by atoms with E-state index in [0.717, 1.165) is 16.8 Å². The van der Waals surface area contributed by atoms with E-state index in [1.54, 1.807) is 10.9 Å². The standard InChI is InChI=1S/C15H12N6/c16-14-13-9-19-21(15(13)18-10-17-14)12-5-3-4-11(8-12)20-6-1-2-7-20/h1-10H,(H2,16,17,18). The average molecular weight is 276 g/mol. The van der Waals surface area contributed by atoms with E-state index in [-0.39, 0.29) is 0 Å². The zero-order valence-electron chi connectivity index (χ0n) is 11.1. The molecule has 6 heteroatoms. The normalized spacial score (nSPS) is 11.0. The molecule has 21 heavy (non-hydrogen) atoms. The molecule has 0 atom stereocenters. The Balaban J connectivity index is 1.89. The number of fused-ring (bicyclic) bond motifs is 1. The second kappa shape index (κ2) is 4.45. The van der Waals surface area contributed by atoms with Gasteiger partial charge in [-0.1, -0.05) is 6.07 Å². The van der Waals surface area contributed by atoms with E-state index in [1.165, 1.54) is 6.33 Å². The molecule has 0 amide bonds. The first-order valence-electron chi connectivity index (χ1n) is 6.51. The topological polar surface area (TPSA) is 74.6 Å². The number of hydrogen-bond donors (Lipinski definition) is 1. The van der Waals surface area contributed by atoms with Crippen LogP contribution in [0.4, 0.5) is 5.82 Å². The molecular formula is C15H12N6. The first-order chi connectivity index (χ1) is 10.3. The molecule has 0 radical (unpaired) electrons. The number of nitrogen functional groups attached to an aromatic ring is 1. The van der Waals surface area contributed by atoms with E-state index in [9.17, 15) is 0 Å². The van der Waals surface area contributed by atoms with Gasteiger partial charge in [-0.05, 0) is 30.3 Å². The maximum atomic E-state index is 5.85. The van der Waals surface area contributed by atoms with Crippen LogP contribution >= 0.6 is 0 Å². The highest BCUT2D eigenvalue weighted by molar-refractivity contribution is 5.85. The van der Waals surface area contributed by atoms with Crippen molar-refractivity contribution in [1.29, 1.82) is 0 Å². The van der Waals surface area contributed by atoms with Gasteiger partial charge in [-0.25, -0.2) is 14.6 Å². The van der Waals surface area contributed by atoms with E-state index in [2.05, 4.69) is 15.1 Å². The molecule has 0 aliphatic carbocycles. The van der Waals surface area contributed by atoms with Crippen molar-refractivity contribution >= 4 is 16.9 Å². The van der Waals surface area contributed by atoms with Gasteiger partial charge >= 0.3 is 0 Å². The summed E-state index contributed by atoms with van der Waals surface area (Å²) >= 11 is 0. The number of aromatic nitrogens is 5. The largest absolute Gasteiger partial charge is 0.383 e. The molecule has 0 saturated carbocycles. The van der Waals surface area contributed by atoms with Gasteiger partial charge in [0.25, 0.3) is 0 Å². The Morgan fingerprint density at radius 1 is 0.952 bits per heavy atom. The van der Waals surface area contributed by atoms with Crippen LogP contribution < -0.4 is 5.73 Å². The van der Waals surface area contributed by atoms with Crippen LogP contribution in [0.15, 0.2) is 61.3 Å². The maximum Gasteiger partial charge on any atom is 0.168 e. The van der Waals surface area contributed by atoms with Crippen LogP contribution in [0.25, 0.3) is 22.4 Å². The molecule has 0 aliphatic rings. The molecule has 6 nitrogen and oxygen atoms in total. The smallest absolute Gasteiger partial charge is 0.168 e. The van der Waals surface area contributed by atoms with E-state index in [1.807, 2.05) is 53.4 Å². The van der Waals surface area contributed by atoms with Crippen molar-refractivity contribution < 1.29 is 0 Å². The minimum Gasteiger partial charge on any atom is -0.383 e. The van der Waals surface area contributed by atoms with E-state index in [4.69, 9.17) is 5.73 Å². The van der Waals surface area contributed by atoms with Crippen LogP contribution in [-0.2, 0) is 0 Å². The second-order valence-electron chi connectivity index (χ2n) is 4.66. The third-order valence-electron chi connectivity index (χ3n) is 3.37. The summed E-state index contributed by atoms with van der Waals surface area (Å²) in [5.41, 5.74) is 8.53. The Kier molecular flexibility index (Phi) is 2.47. The van der Waals surface area contributed by atoms with Crippen LogP contribution in [0, 0.1) is 0 Å². The summed E-state index contributed by atoms with van der Waals surface area (Å²) in [4.78, 5) is 8.26. The van der Waals surface area contributed by atoms with Gasteiger partial charge in [-0.15, -0.1) is 0 Å². The third kappa shape index (κ3) is 1.85. The number of nitrogens with two attached hydrogens (primary N) is 1. The summed E-state index contributed by atoms with van der Waals surface area (Å²) in [7, 11) is 0. The maximum absolute atomic E-state index is 5.85. The van der Waals surface area contributed by atoms with Gasteiger partial charge in [-0.2, -0.15) is 5.10 Å². The van der Waals surface area contributed by atoms with Gasteiger partial charge in [-0.3, -0.25) is 0 Å². The van der Waals surface area contributed by atoms with Crippen LogP contribution in [0.1, 0.15) is 0 Å². The molecular weight excluding hydrogens is 264 g/mol. The highest BCUT2D eigenvalue weighted by Gasteiger charge is 2.09. The Labute approximate surface area is 120 Å². The fourth-order valence-electron chi connectivity index (χ4n) is 2.34. The van der Waals surface area contributed by atoms with Crippen LogP contribution in [0.2, 0.25) is 0 Å². The van der Waals surface area contributed by atoms with Crippen LogP contribution in [0.5, 0.6) is 0 Å². The van der Waals surface area contributed by atoms with Gasteiger partial charge in [0.1, 0.15) is 12.1 Å². The molecule has 0 bridgehead atoms. The summed E-state index contributed by atoms with van der Waals surface area (Å²) in [5.74, 6) is 0.438. The average Bonchev–Trinajstić information content (AvgIpc) is 3.18. The number of rotatable bonds is 2. The molecule has 2 N–H and O–H groups in total. The highest BCUT2D eigenvalue weighted by atomic mass is 15.3. The second-order valence-corrected chi connectivity index (χ2v) is 4.66. The zero-order chi connectivity index (χ0) is 14.2. The first kappa shape index (κ1) is 11.7. The fourth-order valence-corrected chi connectivity index (χ4v) is 2.34. The first-order valence-corrected chi connectivity index (χ1v) is 6.51. The lowest BCUT2D eigenvalue weighted by molar-refractivity contribution is 0.892. The Hall–Kier alpha value is -3.15. The highest BCUT2D eigenvalue weighted by Crippen LogP contribution is 2.21. The van der Waals surface area contributed by atoms with Gasteiger partial charge < -0.3 is 10.3 Å². The van der Waals surface area contributed by atoms with Crippen LogP contribution in [-0.4, -0.2) is 24.3 Å². The molecule has 1 aromatic carbocycles. The summed E-state index contributed by atoms with van der Waals surface area (Å²) in [6, 6.07) is 12.0. The molecule has 0 unspecified atom stereocenters. The van der Waals surface area contributed by atoms with Gasteiger partial charge in [0.2, 0.25) is 0 Å². The van der Waals surface area contributed by atoms with Crippen molar-refractivity contribution in [2.24, 2.45) is 0 Å². The van der Waals surface area contributed by atoms with Crippen molar-refractivity contribution in [3.8, 4) is 11.4 Å². The molecule has 0 fully saturated rings. The van der Waals surface area contributed by atoms with Gasteiger partial charge in [0.15, 0.2) is 5.65 Å². The quantitative estimate of drug-likeness (QED) is 0.609. The third-order valence-corrected chi connectivity index (χ3v) is 3.37. The lowest BCUT2D eigenvalue weighted by Crippen LogP contribution is -2.00. The summed E-state index contributed by atoms with van der Waals surface area (Å²) in [6.07, 6.45) is 7.14. The molecule has 3 aromatic heterocycles. The Morgan fingerprint density at radius 3 is 2.62 bits per heavy atom. The molecule has 102 valence electrons. The predicted molar refractivity (Wildman–Crippen MR) is 80.4 cm³/mol. The minimum atomic E-state index is 0.438. The van der Waals surface area contributed by atoms with Gasteiger partial charge in [0, 0.05) is 18.1 Å². The lowest BCUT2D eigenvalue weighted by Gasteiger charge is -2.07. The number of hydrogen-bond acceptors (Lipinski definition) is 4. The van der Waals surface area contributed by atoms with Crippen molar-refractivity contribution in [2.75, 3.05) is 5.73 Å². The summed E-state index contributed by atoms with van der Waals surface area (Å²) < 4.78 is 3.80. The molecule has 3 heterocycles. The summed E-state index contributed by atoms with van der Waals surface area (Å²) in [5, 5.41) is 5.13. The Morgan fingerprint density at radius 2 is 1.76 bits per heavy atom. The Bertz CT molecular complexity index is 907. The fraction of sp³-hybridized carbons (Fsp3) is 0. The van der Waals surface area contributed by atoms with E-state index >= 15 is 0 Å². The van der Waals surface area contributed by atoms with Gasteiger partial charge in [0.05, 0.1) is 17.3 Å². The van der Waals surface area contributed by atoms with Crippen molar-refractivity contribution in [1.82, 2.24) is 24.3 Å². The zero-order valence-corrected chi connectivity index (χ0v) is 11.1. The summed E-state index contributed by atoms with van der Waals surface area (Å²) in [6.45, 7) is 0. The van der Waals surface area contributed by atoms with E-state index in [0.29, 0.717) is 11.5 Å². The number of benzene rings is 1. The molecule has 4 rings (SSSR count). The number of anilines is 1.